The van der Waals surface area contributed by atoms with Gasteiger partial charge in [-0.3, -0.25) is 19.8 Å². The van der Waals surface area contributed by atoms with Crippen molar-refractivity contribution < 1.29 is 33.3 Å². The Kier molecular flexibility index (Phi) is 9.80. The summed E-state index contributed by atoms with van der Waals surface area (Å²) in [6.07, 6.45) is 1.63. The van der Waals surface area contributed by atoms with E-state index < -0.39 is 57.9 Å². The van der Waals surface area contributed by atoms with E-state index in [2.05, 4.69) is 10.4 Å². The first-order valence-corrected chi connectivity index (χ1v) is 20.0. The number of aromatic nitrogens is 5. The van der Waals surface area contributed by atoms with Crippen LogP contribution in [0.4, 0.5) is 10.1 Å². The first-order chi connectivity index (χ1) is 29.8. The molecule has 1 saturated heterocycles. The molecule has 0 bridgehead atoms. The van der Waals surface area contributed by atoms with Crippen LogP contribution in [0.15, 0.2) is 105 Å². The highest BCUT2D eigenvalue weighted by Gasteiger charge is 2.68. The summed E-state index contributed by atoms with van der Waals surface area (Å²) in [7, 11) is 5.94. The normalized spacial score (nSPS) is 20.4. The molecule has 4 heterocycles. The molecular formula is C44H39ClFN7O9. The molecule has 2 N–H and O–H groups in total. The highest BCUT2D eigenvalue weighted by atomic mass is 35.5. The molecule has 318 valence electrons. The van der Waals surface area contributed by atoms with Crippen LogP contribution in [0.3, 0.4) is 0 Å². The Hall–Kier alpha value is -7.14. The molecule has 1 saturated carbocycles. The maximum atomic E-state index is 15.4. The lowest BCUT2D eigenvalue weighted by molar-refractivity contribution is -0.138. The Labute approximate surface area is 356 Å². The Morgan fingerprint density at radius 2 is 1.58 bits per heavy atom. The summed E-state index contributed by atoms with van der Waals surface area (Å²) in [5.74, 6) is -3.12. The highest BCUT2D eigenvalue weighted by Crippen LogP contribution is 2.62. The Balaban J connectivity index is 1.18. The van der Waals surface area contributed by atoms with Gasteiger partial charge in [0.1, 0.15) is 11.5 Å². The molecule has 0 radical (unpaired) electrons. The summed E-state index contributed by atoms with van der Waals surface area (Å²) in [5.41, 5.74) is 2.32. The largest absolute Gasteiger partial charge is 0.504 e. The third kappa shape index (κ3) is 6.01. The number of halogens is 2. The van der Waals surface area contributed by atoms with Gasteiger partial charge in [-0.15, -0.1) is 0 Å². The van der Waals surface area contributed by atoms with Crippen molar-refractivity contribution in [2.75, 3.05) is 26.8 Å². The molecule has 62 heavy (non-hydrogen) atoms. The quantitative estimate of drug-likeness (QED) is 0.147. The van der Waals surface area contributed by atoms with Crippen molar-refractivity contribution in [1.29, 1.82) is 0 Å². The number of nitrogens with one attached hydrogen (secondary N) is 1. The predicted molar refractivity (Wildman–Crippen MR) is 224 cm³/mol. The van der Waals surface area contributed by atoms with E-state index in [-0.39, 0.29) is 48.8 Å². The van der Waals surface area contributed by atoms with Crippen LogP contribution in [0, 0.1) is 11.7 Å². The Bertz CT molecular complexity index is 3050. The molecular weight excluding hydrogens is 825 g/mol. The molecule has 4 atom stereocenters. The summed E-state index contributed by atoms with van der Waals surface area (Å²) < 4.78 is 35.4. The van der Waals surface area contributed by atoms with Gasteiger partial charge in [0.15, 0.2) is 23.0 Å². The van der Waals surface area contributed by atoms with Crippen molar-refractivity contribution in [3.05, 3.63) is 149 Å². The molecule has 0 unspecified atom stereocenters. The van der Waals surface area contributed by atoms with E-state index in [1.165, 1.54) is 65.6 Å². The molecule has 2 fully saturated rings. The fourth-order valence-electron chi connectivity index (χ4n) is 9.49. The fraction of sp³-hybridized carbons (Fsp3) is 0.273. The first-order valence-electron chi connectivity index (χ1n) is 19.6. The van der Waals surface area contributed by atoms with Crippen LogP contribution in [0.2, 0.25) is 5.02 Å². The summed E-state index contributed by atoms with van der Waals surface area (Å²) in [5, 5.41) is 12.0. The average Bonchev–Trinajstić information content (AvgIpc) is 3.64. The van der Waals surface area contributed by atoms with Gasteiger partial charge in [-0.1, -0.05) is 35.9 Å². The van der Waals surface area contributed by atoms with Gasteiger partial charge in [-0.05, 0) is 71.7 Å². The minimum absolute atomic E-state index is 0.0721. The number of fused-ring (bicyclic) bond motifs is 5. The molecule has 1 aliphatic carbocycles. The topological polar surface area (TPSA) is 181 Å². The summed E-state index contributed by atoms with van der Waals surface area (Å²) in [6.45, 7) is -0.269. The highest BCUT2D eigenvalue weighted by molar-refractivity contribution is 6.30. The molecule has 0 spiro atoms. The first kappa shape index (κ1) is 40.3. The van der Waals surface area contributed by atoms with Crippen molar-refractivity contribution in [3.63, 3.8) is 0 Å². The van der Waals surface area contributed by atoms with Crippen LogP contribution in [-0.2, 0) is 41.6 Å². The summed E-state index contributed by atoms with van der Waals surface area (Å²) in [6, 6.07) is 18.8. The predicted octanol–water partition coefficient (Wildman–Crippen LogP) is 4.44. The van der Waals surface area contributed by atoms with Gasteiger partial charge >= 0.3 is 11.4 Å². The maximum Gasteiger partial charge on any atom is 0.347 e. The number of carbonyl (C=O) groups is 2. The third-order valence-electron chi connectivity index (χ3n) is 12.4. The fourth-order valence-corrected chi connectivity index (χ4v) is 9.62. The molecule has 6 aromatic rings. The van der Waals surface area contributed by atoms with Crippen molar-refractivity contribution in [1.82, 2.24) is 28.5 Å². The number of phenols is 1. The number of aromatic hydroxyl groups is 1. The van der Waals surface area contributed by atoms with Crippen LogP contribution in [-0.4, -0.2) is 66.7 Å². The Morgan fingerprint density at radius 3 is 2.27 bits per heavy atom. The maximum absolute atomic E-state index is 15.4. The minimum atomic E-state index is -1.66. The van der Waals surface area contributed by atoms with Crippen LogP contribution in [0.25, 0.3) is 11.0 Å². The van der Waals surface area contributed by atoms with Crippen LogP contribution >= 0.6 is 11.6 Å². The van der Waals surface area contributed by atoms with Gasteiger partial charge < -0.3 is 23.9 Å². The van der Waals surface area contributed by atoms with Crippen LogP contribution in [0.1, 0.15) is 35.2 Å². The SMILES string of the molecule is COc1cc([C@H]2C3=CCn4c(=O)n(CCc5nc6cc(OC)c(OC)cc6n(C)c5=O)c(=O)n4[C@@H]3C[C@H]3C(=O)N(Nc4ccc(F)cc4)C(=O)[C@@]23c2ccc(Cl)cc2)ccc1O. The average molecular weight is 864 g/mol. The van der Waals surface area contributed by atoms with Gasteiger partial charge in [-0.25, -0.2) is 32.9 Å². The van der Waals surface area contributed by atoms with E-state index in [0.717, 1.165) is 9.58 Å². The van der Waals surface area contributed by atoms with Gasteiger partial charge in [0.2, 0.25) is 0 Å². The molecule has 18 heteroatoms. The number of anilines is 1. The number of imide groups is 1. The molecule has 2 amide bonds. The smallest absolute Gasteiger partial charge is 0.347 e. The van der Waals surface area contributed by atoms with Crippen molar-refractivity contribution >= 4 is 40.1 Å². The van der Waals surface area contributed by atoms with E-state index in [1.807, 2.05) is 0 Å². The van der Waals surface area contributed by atoms with Gasteiger partial charge in [-0.2, -0.15) is 5.01 Å². The number of rotatable bonds is 10. The van der Waals surface area contributed by atoms with E-state index in [1.54, 1.807) is 61.7 Å². The van der Waals surface area contributed by atoms with Crippen molar-refractivity contribution in [3.8, 4) is 23.0 Å². The molecule has 4 aromatic carbocycles. The number of aryl methyl sites for hydroxylation is 2. The van der Waals surface area contributed by atoms with Gasteiger partial charge in [0.25, 0.3) is 17.4 Å². The number of hydrogen-bond donors (Lipinski definition) is 2. The monoisotopic (exact) mass is 863 g/mol. The number of nitrogens with zero attached hydrogens (tertiary/aromatic N) is 6. The van der Waals surface area contributed by atoms with E-state index >= 15 is 4.79 Å². The minimum Gasteiger partial charge on any atom is -0.504 e. The lowest BCUT2D eigenvalue weighted by atomic mass is 9.53. The number of hydrazine groups is 1. The van der Waals surface area contributed by atoms with Crippen molar-refractivity contribution in [2.24, 2.45) is 13.0 Å². The molecule has 9 rings (SSSR count). The second-order valence-corrected chi connectivity index (χ2v) is 15.8. The zero-order valence-corrected chi connectivity index (χ0v) is 34.6. The van der Waals surface area contributed by atoms with Crippen LogP contribution in [0.5, 0.6) is 23.0 Å². The lowest BCUT2D eigenvalue weighted by Gasteiger charge is -2.49. The number of carbonyl (C=O) groups excluding carboxylic acids is 2. The van der Waals surface area contributed by atoms with Gasteiger partial charge in [0, 0.05) is 43.1 Å². The van der Waals surface area contributed by atoms with E-state index in [0.29, 0.717) is 44.3 Å². The van der Waals surface area contributed by atoms with Crippen molar-refractivity contribution in [2.45, 2.75) is 43.3 Å². The zero-order chi connectivity index (χ0) is 43.8. The number of ether oxygens (including phenoxy) is 3. The second-order valence-electron chi connectivity index (χ2n) is 15.4. The lowest BCUT2D eigenvalue weighted by Crippen LogP contribution is -2.53. The standard InChI is InChI=1S/C44H39ClFN7O9/c1-49-33-22-37(62-4)36(61-3)21-31(33)47-30(40(49)56)16-17-50-42(58)51-18-15-28-32(53(51)43(50)59)20-29-39(55)52(48-27-12-10-26(46)11-13-27)41(57)44(29,24-6-8-25(45)9-7-24)38(28)23-5-14-34(54)35(19-23)60-2/h5-15,19,21-22,29,32,38,48,54H,16-18,20H2,1-4H3/t29-,32+,38-,44+/m0/s1. The number of amides is 2. The second kappa shape index (κ2) is 15.1. The number of phenolic OH excluding ortho intramolecular Hbond substituents is 1. The Morgan fingerprint density at radius 1 is 0.887 bits per heavy atom. The number of allylic oxidation sites excluding steroid dienone is 2. The number of methoxy groups -OCH3 is 3. The number of benzene rings is 4. The third-order valence-corrected chi connectivity index (χ3v) is 12.6. The zero-order valence-electron chi connectivity index (χ0n) is 33.8. The van der Waals surface area contributed by atoms with Crippen LogP contribution < -0.4 is 36.6 Å². The molecule has 2 aromatic heterocycles. The summed E-state index contributed by atoms with van der Waals surface area (Å²) in [4.78, 5) is 77.2. The molecule has 16 nitrogen and oxygen atoms in total. The molecule has 2 aliphatic heterocycles. The number of hydrogen-bond acceptors (Lipinski definition) is 11. The summed E-state index contributed by atoms with van der Waals surface area (Å²) >= 11 is 6.38. The van der Waals surface area contributed by atoms with E-state index in [9.17, 15) is 28.7 Å². The van der Waals surface area contributed by atoms with Gasteiger partial charge in [0.05, 0.1) is 62.0 Å². The van der Waals surface area contributed by atoms with E-state index in [4.69, 9.17) is 25.8 Å². The molecule has 3 aliphatic rings.